The highest BCUT2D eigenvalue weighted by Crippen LogP contribution is 2.17. The Morgan fingerprint density at radius 2 is 2.00 bits per heavy atom. The molecule has 0 aromatic heterocycles. The average molecular weight is 262 g/mol. The molecule has 1 atom stereocenters. The quantitative estimate of drug-likeness (QED) is 0.695. The molecule has 0 fully saturated rings. The SMILES string of the molecule is COCCCCNC(C)c1ccc(OCC#N)cc1. The lowest BCUT2D eigenvalue weighted by molar-refractivity contribution is 0.192. The van der Waals surface area contributed by atoms with Crippen LogP contribution in [-0.4, -0.2) is 26.9 Å². The zero-order valence-electron chi connectivity index (χ0n) is 11.7. The predicted molar refractivity (Wildman–Crippen MR) is 75.1 cm³/mol. The van der Waals surface area contributed by atoms with Crippen LogP contribution in [0.1, 0.15) is 31.4 Å². The van der Waals surface area contributed by atoms with Crippen molar-refractivity contribution in [3.63, 3.8) is 0 Å². The number of nitrogens with one attached hydrogen (secondary N) is 1. The van der Waals surface area contributed by atoms with Gasteiger partial charge in [0.25, 0.3) is 0 Å². The maximum atomic E-state index is 8.44. The van der Waals surface area contributed by atoms with Gasteiger partial charge in [-0.05, 0) is 44.0 Å². The van der Waals surface area contributed by atoms with E-state index in [4.69, 9.17) is 14.7 Å². The monoisotopic (exact) mass is 262 g/mol. The van der Waals surface area contributed by atoms with Crippen molar-refractivity contribution >= 4 is 0 Å². The maximum absolute atomic E-state index is 8.44. The Morgan fingerprint density at radius 1 is 1.26 bits per heavy atom. The summed E-state index contributed by atoms with van der Waals surface area (Å²) in [5, 5.41) is 11.9. The van der Waals surface area contributed by atoms with Crippen molar-refractivity contribution in [1.82, 2.24) is 5.32 Å². The van der Waals surface area contributed by atoms with Gasteiger partial charge in [-0.15, -0.1) is 0 Å². The third-order valence-electron chi connectivity index (χ3n) is 2.91. The molecule has 0 heterocycles. The van der Waals surface area contributed by atoms with E-state index in [1.54, 1.807) is 7.11 Å². The van der Waals surface area contributed by atoms with E-state index >= 15 is 0 Å². The van der Waals surface area contributed by atoms with Crippen molar-refractivity contribution < 1.29 is 9.47 Å². The number of hydrogen-bond donors (Lipinski definition) is 1. The molecule has 0 aliphatic rings. The van der Waals surface area contributed by atoms with Gasteiger partial charge in [-0.25, -0.2) is 0 Å². The summed E-state index contributed by atoms with van der Waals surface area (Å²) in [6.45, 7) is 4.03. The largest absolute Gasteiger partial charge is 0.479 e. The zero-order chi connectivity index (χ0) is 13.9. The van der Waals surface area contributed by atoms with E-state index in [-0.39, 0.29) is 6.61 Å². The first-order valence-electron chi connectivity index (χ1n) is 6.60. The highest BCUT2D eigenvalue weighted by molar-refractivity contribution is 5.29. The van der Waals surface area contributed by atoms with Crippen molar-refractivity contribution in [3.05, 3.63) is 29.8 Å². The molecular formula is C15H22N2O2. The number of ether oxygens (including phenoxy) is 2. The fraction of sp³-hybridized carbons (Fsp3) is 0.533. The van der Waals surface area contributed by atoms with Crippen LogP contribution in [0.25, 0.3) is 0 Å². The minimum Gasteiger partial charge on any atom is -0.479 e. The van der Waals surface area contributed by atoms with E-state index in [9.17, 15) is 0 Å². The van der Waals surface area contributed by atoms with E-state index in [0.717, 1.165) is 31.7 Å². The molecule has 0 radical (unpaired) electrons. The molecule has 0 amide bonds. The van der Waals surface area contributed by atoms with E-state index in [1.165, 1.54) is 5.56 Å². The summed E-state index contributed by atoms with van der Waals surface area (Å²) >= 11 is 0. The first-order chi connectivity index (χ1) is 9.27. The summed E-state index contributed by atoms with van der Waals surface area (Å²) in [6.07, 6.45) is 2.19. The predicted octanol–water partition coefficient (Wildman–Crippen LogP) is 2.67. The maximum Gasteiger partial charge on any atom is 0.174 e. The van der Waals surface area contributed by atoms with Crippen molar-refractivity contribution in [2.24, 2.45) is 0 Å². The smallest absolute Gasteiger partial charge is 0.174 e. The number of benzene rings is 1. The minimum atomic E-state index is 0.0899. The number of nitriles is 1. The van der Waals surface area contributed by atoms with Crippen LogP contribution in [0.15, 0.2) is 24.3 Å². The molecule has 0 aliphatic heterocycles. The van der Waals surface area contributed by atoms with Crippen LogP contribution in [0, 0.1) is 11.3 Å². The first kappa shape index (κ1) is 15.5. The molecule has 1 unspecified atom stereocenters. The molecule has 1 aromatic carbocycles. The molecular weight excluding hydrogens is 240 g/mol. The lowest BCUT2D eigenvalue weighted by Crippen LogP contribution is -2.20. The number of unbranched alkanes of at least 4 members (excludes halogenated alkanes) is 1. The Kier molecular flexibility index (Phi) is 7.64. The molecule has 104 valence electrons. The molecule has 19 heavy (non-hydrogen) atoms. The van der Waals surface area contributed by atoms with E-state index in [0.29, 0.717) is 6.04 Å². The Morgan fingerprint density at radius 3 is 2.63 bits per heavy atom. The number of hydrogen-bond acceptors (Lipinski definition) is 4. The third-order valence-corrected chi connectivity index (χ3v) is 2.91. The van der Waals surface area contributed by atoms with Gasteiger partial charge in [0.2, 0.25) is 0 Å². The zero-order valence-corrected chi connectivity index (χ0v) is 11.7. The summed E-state index contributed by atoms with van der Waals surface area (Å²) in [4.78, 5) is 0. The molecule has 0 bridgehead atoms. The average Bonchev–Trinajstić information content (AvgIpc) is 2.45. The molecule has 1 aromatic rings. The topological polar surface area (TPSA) is 54.3 Å². The van der Waals surface area contributed by atoms with Gasteiger partial charge in [-0.2, -0.15) is 5.26 Å². The fourth-order valence-corrected chi connectivity index (χ4v) is 1.78. The van der Waals surface area contributed by atoms with Crippen molar-refractivity contribution in [2.75, 3.05) is 26.9 Å². The van der Waals surface area contributed by atoms with Crippen LogP contribution in [0.4, 0.5) is 0 Å². The van der Waals surface area contributed by atoms with Gasteiger partial charge in [0.1, 0.15) is 11.8 Å². The normalized spacial score (nSPS) is 11.8. The van der Waals surface area contributed by atoms with Gasteiger partial charge in [-0.1, -0.05) is 12.1 Å². The van der Waals surface area contributed by atoms with Gasteiger partial charge in [-0.3, -0.25) is 0 Å². The van der Waals surface area contributed by atoms with Gasteiger partial charge in [0.05, 0.1) is 0 Å². The second-order valence-electron chi connectivity index (χ2n) is 4.39. The second-order valence-corrected chi connectivity index (χ2v) is 4.39. The van der Waals surface area contributed by atoms with Gasteiger partial charge >= 0.3 is 0 Å². The van der Waals surface area contributed by atoms with E-state index < -0.39 is 0 Å². The molecule has 0 aliphatic carbocycles. The summed E-state index contributed by atoms with van der Waals surface area (Å²) in [7, 11) is 1.73. The van der Waals surface area contributed by atoms with E-state index in [2.05, 4.69) is 12.2 Å². The molecule has 0 spiro atoms. The number of nitrogens with zero attached hydrogens (tertiary/aromatic N) is 1. The van der Waals surface area contributed by atoms with Gasteiger partial charge in [0.15, 0.2) is 6.61 Å². The first-order valence-corrected chi connectivity index (χ1v) is 6.60. The highest BCUT2D eigenvalue weighted by atomic mass is 16.5. The number of rotatable bonds is 9. The lowest BCUT2D eigenvalue weighted by atomic mass is 10.1. The standard InChI is InChI=1S/C15H22N2O2/c1-13(17-10-3-4-11-18-2)14-5-7-15(8-6-14)19-12-9-16/h5-8,13,17H,3-4,10-12H2,1-2H3. The van der Waals surface area contributed by atoms with Crippen molar-refractivity contribution in [1.29, 1.82) is 5.26 Å². The summed E-state index contributed by atoms with van der Waals surface area (Å²) < 4.78 is 10.2. The Labute approximate surface area is 115 Å². The summed E-state index contributed by atoms with van der Waals surface area (Å²) in [6, 6.07) is 10.1. The molecule has 4 heteroatoms. The molecule has 0 saturated heterocycles. The summed E-state index contributed by atoms with van der Waals surface area (Å²) in [5.41, 5.74) is 1.22. The molecule has 1 rings (SSSR count). The number of methoxy groups -OCH3 is 1. The molecule has 4 nitrogen and oxygen atoms in total. The Hall–Kier alpha value is -1.57. The minimum absolute atomic E-state index is 0.0899. The Balaban J connectivity index is 2.32. The molecule has 1 N–H and O–H groups in total. The van der Waals surface area contributed by atoms with Crippen LogP contribution >= 0.6 is 0 Å². The van der Waals surface area contributed by atoms with Crippen LogP contribution in [0.2, 0.25) is 0 Å². The Bertz CT molecular complexity index is 384. The van der Waals surface area contributed by atoms with Crippen molar-refractivity contribution in [3.8, 4) is 11.8 Å². The van der Waals surface area contributed by atoms with E-state index in [1.807, 2.05) is 30.3 Å². The third kappa shape index (κ3) is 6.23. The lowest BCUT2D eigenvalue weighted by Gasteiger charge is -2.14. The van der Waals surface area contributed by atoms with Crippen LogP contribution in [0.3, 0.4) is 0 Å². The van der Waals surface area contributed by atoms with Crippen LogP contribution < -0.4 is 10.1 Å². The fourth-order valence-electron chi connectivity index (χ4n) is 1.78. The van der Waals surface area contributed by atoms with Gasteiger partial charge < -0.3 is 14.8 Å². The highest BCUT2D eigenvalue weighted by Gasteiger charge is 2.04. The van der Waals surface area contributed by atoms with Crippen molar-refractivity contribution in [2.45, 2.75) is 25.8 Å². The van der Waals surface area contributed by atoms with Crippen LogP contribution in [0.5, 0.6) is 5.75 Å². The van der Waals surface area contributed by atoms with Gasteiger partial charge in [0, 0.05) is 19.8 Å². The van der Waals surface area contributed by atoms with Crippen LogP contribution in [-0.2, 0) is 4.74 Å². The summed E-state index contributed by atoms with van der Waals surface area (Å²) in [5.74, 6) is 0.734. The molecule has 0 saturated carbocycles. The second kappa shape index (κ2) is 9.37.